The van der Waals surface area contributed by atoms with Gasteiger partial charge in [0.25, 0.3) is 5.56 Å². The lowest BCUT2D eigenvalue weighted by Gasteiger charge is -2.10. The molecular weight excluding hydrogens is 411 g/mol. The van der Waals surface area contributed by atoms with Crippen LogP contribution in [0.3, 0.4) is 0 Å². The average Bonchev–Trinajstić information content (AvgIpc) is 3.41. The fraction of sp³-hybridized carbons (Fsp3) is 0.476. The molecular formula is C21H26F3N5O2. The van der Waals surface area contributed by atoms with Crippen LogP contribution in [0, 0.1) is 0 Å². The quantitative estimate of drug-likeness (QED) is 0.681. The van der Waals surface area contributed by atoms with Gasteiger partial charge in [-0.3, -0.25) is 13.9 Å². The van der Waals surface area contributed by atoms with Gasteiger partial charge in [0, 0.05) is 21.1 Å². The van der Waals surface area contributed by atoms with Gasteiger partial charge in [0.2, 0.25) is 5.95 Å². The second-order valence-corrected chi connectivity index (χ2v) is 7.61. The Morgan fingerprint density at radius 1 is 0.968 bits per heavy atom. The Morgan fingerprint density at radius 2 is 1.52 bits per heavy atom. The minimum atomic E-state index is -4.44. The van der Waals surface area contributed by atoms with E-state index in [9.17, 15) is 22.8 Å². The van der Waals surface area contributed by atoms with Gasteiger partial charge in [-0.25, -0.2) is 4.79 Å². The van der Waals surface area contributed by atoms with Crippen molar-refractivity contribution in [2.45, 2.75) is 44.8 Å². The van der Waals surface area contributed by atoms with Crippen molar-refractivity contribution in [3.63, 3.8) is 0 Å². The zero-order chi connectivity index (χ0) is 22.8. The van der Waals surface area contributed by atoms with Gasteiger partial charge >= 0.3 is 11.9 Å². The summed E-state index contributed by atoms with van der Waals surface area (Å²) in [6, 6.07) is 4.35. The zero-order valence-corrected chi connectivity index (χ0v) is 17.8. The SMILES string of the molecule is C1CCCC1.CNc1nc2c(c(=O)n(Cc3ccc(C(F)(F)F)cc3)c(=O)n2C)n1C. The Morgan fingerprint density at radius 3 is 2.00 bits per heavy atom. The molecule has 1 aliphatic rings. The molecule has 1 aliphatic carbocycles. The molecule has 1 aromatic carbocycles. The van der Waals surface area contributed by atoms with Crippen LogP contribution in [-0.4, -0.2) is 25.7 Å². The van der Waals surface area contributed by atoms with Crippen molar-refractivity contribution in [3.8, 4) is 0 Å². The minimum absolute atomic E-state index is 0.139. The van der Waals surface area contributed by atoms with Crippen molar-refractivity contribution in [2.24, 2.45) is 14.1 Å². The molecule has 2 heterocycles. The number of fused-ring (bicyclic) bond motifs is 1. The largest absolute Gasteiger partial charge is 0.416 e. The number of hydrogen-bond acceptors (Lipinski definition) is 4. The first-order valence-corrected chi connectivity index (χ1v) is 10.1. The van der Waals surface area contributed by atoms with Crippen molar-refractivity contribution in [3.05, 3.63) is 56.2 Å². The monoisotopic (exact) mass is 437 g/mol. The number of anilines is 1. The van der Waals surface area contributed by atoms with E-state index in [0.717, 1.165) is 16.7 Å². The highest BCUT2D eigenvalue weighted by Crippen LogP contribution is 2.29. The third kappa shape index (κ3) is 4.67. The van der Waals surface area contributed by atoms with E-state index in [1.54, 1.807) is 14.1 Å². The van der Waals surface area contributed by atoms with Gasteiger partial charge in [-0.05, 0) is 17.7 Å². The molecule has 0 radical (unpaired) electrons. The predicted octanol–water partition coefficient (Wildman–Crippen LogP) is 3.49. The summed E-state index contributed by atoms with van der Waals surface area (Å²) in [5.41, 5.74) is -1.07. The number of aryl methyl sites for hydroxylation is 2. The summed E-state index contributed by atoms with van der Waals surface area (Å²) >= 11 is 0. The van der Waals surface area contributed by atoms with Crippen LogP contribution in [0.15, 0.2) is 33.9 Å². The third-order valence-corrected chi connectivity index (χ3v) is 5.46. The van der Waals surface area contributed by atoms with E-state index in [0.29, 0.717) is 11.5 Å². The van der Waals surface area contributed by atoms with Crippen molar-refractivity contribution in [2.75, 3.05) is 12.4 Å². The number of aromatic nitrogens is 4. The Labute approximate surface area is 177 Å². The van der Waals surface area contributed by atoms with E-state index >= 15 is 0 Å². The van der Waals surface area contributed by atoms with Gasteiger partial charge in [-0.2, -0.15) is 18.2 Å². The van der Waals surface area contributed by atoms with Crippen LogP contribution in [-0.2, 0) is 26.8 Å². The molecule has 1 fully saturated rings. The number of hydrogen-bond donors (Lipinski definition) is 1. The first-order valence-electron chi connectivity index (χ1n) is 10.1. The van der Waals surface area contributed by atoms with Gasteiger partial charge in [-0.15, -0.1) is 0 Å². The standard InChI is InChI=1S/C16H16F3N5O2.C5H10/c1-20-14-21-12-11(22(14)2)13(25)24(15(26)23(12)3)8-9-4-6-10(7-5-9)16(17,18)19;1-2-4-5-3-1/h4-7H,8H2,1-3H3,(H,20,21);1-5H2. The number of benzene rings is 1. The molecule has 4 rings (SSSR count). The third-order valence-electron chi connectivity index (χ3n) is 5.46. The molecule has 168 valence electrons. The Hall–Kier alpha value is -3.04. The van der Waals surface area contributed by atoms with E-state index in [2.05, 4.69) is 10.3 Å². The van der Waals surface area contributed by atoms with Gasteiger partial charge in [0.15, 0.2) is 11.2 Å². The number of imidazole rings is 1. The number of nitrogens with one attached hydrogen (secondary N) is 1. The minimum Gasteiger partial charge on any atom is -0.359 e. The zero-order valence-electron chi connectivity index (χ0n) is 17.8. The molecule has 1 saturated carbocycles. The van der Waals surface area contributed by atoms with E-state index in [4.69, 9.17) is 0 Å². The van der Waals surface area contributed by atoms with Gasteiger partial charge in [-0.1, -0.05) is 44.2 Å². The van der Waals surface area contributed by atoms with Crippen LogP contribution in [0.25, 0.3) is 11.2 Å². The molecule has 3 aromatic rings. The first-order chi connectivity index (χ1) is 14.6. The molecule has 0 saturated heterocycles. The molecule has 0 unspecified atom stereocenters. The molecule has 31 heavy (non-hydrogen) atoms. The number of nitrogens with zero attached hydrogens (tertiary/aromatic N) is 4. The smallest absolute Gasteiger partial charge is 0.359 e. The Kier molecular flexibility index (Phi) is 6.56. The maximum Gasteiger partial charge on any atom is 0.416 e. The fourth-order valence-electron chi connectivity index (χ4n) is 3.67. The Bertz CT molecular complexity index is 1160. The maximum atomic E-state index is 12.8. The highest BCUT2D eigenvalue weighted by Gasteiger charge is 2.30. The van der Waals surface area contributed by atoms with E-state index < -0.39 is 23.0 Å². The van der Waals surface area contributed by atoms with Crippen LogP contribution < -0.4 is 16.6 Å². The van der Waals surface area contributed by atoms with Crippen molar-refractivity contribution >= 4 is 17.1 Å². The van der Waals surface area contributed by atoms with Crippen LogP contribution in [0.5, 0.6) is 0 Å². The van der Waals surface area contributed by atoms with Crippen LogP contribution >= 0.6 is 0 Å². The summed E-state index contributed by atoms with van der Waals surface area (Å²) in [7, 11) is 4.76. The molecule has 1 N–H and O–H groups in total. The molecule has 0 amide bonds. The number of halogens is 3. The second kappa shape index (κ2) is 8.99. The van der Waals surface area contributed by atoms with Crippen LogP contribution in [0.4, 0.5) is 19.1 Å². The maximum absolute atomic E-state index is 12.8. The highest BCUT2D eigenvalue weighted by atomic mass is 19.4. The summed E-state index contributed by atoms with van der Waals surface area (Å²) in [6.07, 6.45) is 3.06. The average molecular weight is 437 g/mol. The topological polar surface area (TPSA) is 73.8 Å². The second-order valence-electron chi connectivity index (χ2n) is 7.61. The van der Waals surface area contributed by atoms with Gasteiger partial charge in [0.1, 0.15) is 0 Å². The van der Waals surface area contributed by atoms with Gasteiger partial charge < -0.3 is 9.88 Å². The van der Waals surface area contributed by atoms with Gasteiger partial charge in [0.05, 0.1) is 12.1 Å². The molecule has 2 aromatic heterocycles. The molecule has 7 nitrogen and oxygen atoms in total. The lowest BCUT2D eigenvalue weighted by Crippen LogP contribution is -2.39. The summed E-state index contributed by atoms with van der Waals surface area (Å²) < 4.78 is 41.7. The highest BCUT2D eigenvalue weighted by molar-refractivity contribution is 5.74. The molecule has 0 spiro atoms. The number of rotatable bonds is 3. The molecule has 0 bridgehead atoms. The summed E-state index contributed by atoms with van der Waals surface area (Å²) in [4.78, 5) is 29.5. The van der Waals surface area contributed by atoms with Crippen LogP contribution in [0.1, 0.15) is 43.2 Å². The molecule has 0 atom stereocenters. The lowest BCUT2D eigenvalue weighted by molar-refractivity contribution is -0.137. The normalized spacial score (nSPS) is 13.9. The summed E-state index contributed by atoms with van der Waals surface area (Å²) in [5, 5.41) is 2.83. The summed E-state index contributed by atoms with van der Waals surface area (Å²) in [5.74, 6) is 0.416. The lowest BCUT2D eigenvalue weighted by atomic mass is 10.1. The van der Waals surface area contributed by atoms with Crippen LogP contribution in [0.2, 0.25) is 0 Å². The Balaban J connectivity index is 0.000000478. The van der Waals surface area contributed by atoms with E-state index in [-0.39, 0.29) is 17.7 Å². The first kappa shape index (κ1) is 22.6. The molecule has 0 aliphatic heterocycles. The fourth-order valence-corrected chi connectivity index (χ4v) is 3.67. The van der Waals surface area contributed by atoms with E-state index in [1.807, 2.05) is 0 Å². The predicted molar refractivity (Wildman–Crippen MR) is 113 cm³/mol. The van der Waals surface area contributed by atoms with E-state index in [1.165, 1.54) is 60.4 Å². The van der Waals surface area contributed by atoms with Crippen molar-refractivity contribution < 1.29 is 13.2 Å². The van der Waals surface area contributed by atoms with Crippen molar-refractivity contribution in [1.29, 1.82) is 0 Å². The van der Waals surface area contributed by atoms with Crippen molar-refractivity contribution in [1.82, 2.24) is 18.7 Å². The number of alkyl halides is 3. The molecule has 10 heteroatoms. The summed E-state index contributed by atoms with van der Waals surface area (Å²) in [6.45, 7) is -0.139.